The van der Waals surface area contributed by atoms with E-state index in [1.165, 1.54) is 19.3 Å². The second kappa shape index (κ2) is 6.51. The Balaban J connectivity index is 0. The lowest BCUT2D eigenvalue weighted by atomic mass is 9.86. The smallest absolute Gasteiger partial charge is 0.0233 e. The van der Waals surface area contributed by atoms with E-state index in [1.54, 1.807) is 0 Å². The predicted octanol–water partition coefficient (Wildman–Crippen LogP) is 4.74. The van der Waals surface area contributed by atoms with Crippen molar-refractivity contribution in [2.45, 2.75) is 60.3 Å². The van der Waals surface area contributed by atoms with Crippen molar-refractivity contribution in [3.8, 4) is 0 Å². The van der Waals surface area contributed by atoms with Gasteiger partial charge in [0.1, 0.15) is 0 Å². The van der Waals surface area contributed by atoms with Crippen LogP contribution in [0.1, 0.15) is 66.0 Å². The van der Waals surface area contributed by atoms with Crippen LogP contribution in [0.25, 0.3) is 0 Å². The standard InChI is InChI=1S/C12H26.H2/c1-6-11(5)9-12(7-2)8-10(3)4;/h10-12H,6-9H2,1-5H3;1H/i3T,5T;1+2T. The Bertz CT molecular complexity index is 126. The molecule has 0 aliphatic rings. The Morgan fingerprint density at radius 1 is 1.25 bits per heavy atom. The van der Waals surface area contributed by atoms with Gasteiger partial charge in [0, 0.05) is 5.71 Å². The van der Waals surface area contributed by atoms with E-state index < -0.39 is 0 Å². The molecule has 0 nitrogen and oxygen atoms in total. The third kappa shape index (κ3) is 5.62. The molecule has 0 fully saturated rings. The molecule has 0 radical (unpaired) electrons. The molecule has 76 valence electrons. The number of rotatable bonds is 6. The lowest BCUT2D eigenvalue weighted by molar-refractivity contribution is 0.320. The van der Waals surface area contributed by atoms with Gasteiger partial charge in [0.05, 0.1) is 0 Å². The second-order valence-electron chi connectivity index (χ2n) is 4.13. The van der Waals surface area contributed by atoms with E-state index in [4.69, 9.17) is 5.71 Å². The predicted molar refractivity (Wildman–Crippen MR) is 59.4 cm³/mol. The van der Waals surface area contributed by atoms with Crippen molar-refractivity contribution in [1.29, 1.82) is 0 Å². The Morgan fingerprint density at radius 2 is 2.00 bits per heavy atom. The maximum atomic E-state index is 7.42. The topological polar surface area (TPSA) is 0 Å². The van der Waals surface area contributed by atoms with Crippen molar-refractivity contribution >= 4 is 0 Å². The molecule has 0 spiro atoms. The molecule has 0 aliphatic carbocycles. The number of hydrogen-bond donors (Lipinski definition) is 0. The summed E-state index contributed by atoms with van der Waals surface area (Å²) in [6.45, 7) is 7.70. The van der Waals surface area contributed by atoms with Crippen LogP contribution >= 0.6 is 0 Å². The lowest BCUT2D eigenvalue weighted by Crippen LogP contribution is -2.08. The Kier molecular flexibility index (Phi) is 4.02. The summed E-state index contributed by atoms with van der Waals surface area (Å²) >= 11 is 0. The van der Waals surface area contributed by atoms with Crippen LogP contribution in [-0.4, -0.2) is 0 Å². The minimum atomic E-state index is 0.531. The Labute approximate surface area is 84.6 Å². The van der Waals surface area contributed by atoms with Crippen LogP contribution in [0.4, 0.5) is 0 Å². The van der Waals surface area contributed by atoms with Crippen LogP contribution in [0.5, 0.6) is 0 Å². The minimum absolute atomic E-state index is 0.531. The zero-order valence-electron chi connectivity index (χ0n) is 13.0. The molecule has 0 aromatic rings. The molecule has 0 aromatic carbocycles. The van der Waals surface area contributed by atoms with Crippen LogP contribution in [0.2, 0.25) is 0 Å². The molecule has 0 saturated heterocycles. The van der Waals surface area contributed by atoms with E-state index in [2.05, 4.69) is 20.8 Å². The fraction of sp³-hybridized carbons (Fsp3) is 1.00. The molecule has 3 unspecified atom stereocenters. The first-order valence-corrected chi connectivity index (χ1v) is 5.26. The molecular formula is C12H28. The van der Waals surface area contributed by atoms with Crippen LogP contribution in [0, 0.1) is 17.8 Å². The highest BCUT2D eigenvalue weighted by Crippen LogP contribution is 2.24. The summed E-state index contributed by atoms with van der Waals surface area (Å²) in [5.74, 6) is 1.85. The first kappa shape index (κ1) is 7.41. The van der Waals surface area contributed by atoms with E-state index in [0.29, 0.717) is 25.6 Å². The summed E-state index contributed by atoms with van der Waals surface area (Å²) in [5.41, 5.74) is 0. The largest absolute Gasteiger partial charge is 0.0651 e. The highest BCUT2D eigenvalue weighted by atomic mass is 14.2. The summed E-state index contributed by atoms with van der Waals surface area (Å²) in [5, 5.41) is 0. The first-order valence-electron chi connectivity index (χ1n) is 7.67. The van der Waals surface area contributed by atoms with Gasteiger partial charge in [0.25, 0.3) is 0 Å². The second-order valence-corrected chi connectivity index (χ2v) is 4.13. The maximum absolute atomic E-state index is 7.42. The average Bonchev–Trinajstić information content (AvgIpc) is 2.36. The summed E-state index contributed by atoms with van der Waals surface area (Å²) < 4.78 is 24.7. The van der Waals surface area contributed by atoms with Gasteiger partial charge in [-0.25, -0.2) is 0 Å². The van der Waals surface area contributed by atoms with Crippen LogP contribution in [0.3, 0.4) is 0 Å². The highest BCUT2D eigenvalue weighted by molar-refractivity contribution is 4.63. The van der Waals surface area contributed by atoms with Gasteiger partial charge in [-0.1, -0.05) is 47.4 Å². The number of hydrogen-bond acceptors (Lipinski definition) is 0. The van der Waals surface area contributed by atoms with E-state index in [1.807, 2.05) is 0 Å². The molecule has 0 rings (SSSR count). The van der Waals surface area contributed by atoms with E-state index in [9.17, 15) is 0 Å². The van der Waals surface area contributed by atoms with Crippen molar-refractivity contribution < 1.29 is 5.71 Å². The van der Waals surface area contributed by atoms with Crippen molar-refractivity contribution in [3.05, 3.63) is 0 Å². The van der Waals surface area contributed by atoms with Crippen molar-refractivity contribution in [3.63, 3.8) is 0 Å². The highest BCUT2D eigenvalue weighted by Gasteiger charge is 2.11. The average molecular weight is 180 g/mol. The lowest BCUT2D eigenvalue weighted by Gasteiger charge is -2.20. The molecule has 0 amide bonds. The fourth-order valence-electron chi connectivity index (χ4n) is 1.64. The monoisotopic (exact) mass is 180 g/mol. The normalized spacial score (nSPS) is 21.6. The van der Waals surface area contributed by atoms with Gasteiger partial charge in [0.2, 0.25) is 0 Å². The van der Waals surface area contributed by atoms with Crippen LogP contribution in [0.15, 0.2) is 0 Å². The third-order valence-corrected chi connectivity index (χ3v) is 2.56. The first-order chi connectivity index (χ1) is 7.67. The van der Waals surface area contributed by atoms with Crippen molar-refractivity contribution in [1.82, 2.24) is 0 Å². The summed E-state index contributed by atoms with van der Waals surface area (Å²) in [7, 11) is 0. The molecule has 0 heteroatoms. The van der Waals surface area contributed by atoms with Crippen LogP contribution in [-0.2, 0) is 0 Å². The summed E-state index contributed by atoms with van der Waals surface area (Å²) in [4.78, 5) is 0. The minimum Gasteiger partial charge on any atom is -0.0651 e. The van der Waals surface area contributed by atoms with E-state index in [-0.39, 0.29) is 0 Å². The van der Waals surface area contributed by atoms with Gasteiger partial charge in [-0.3, -0.25) is 0 Å². The van der Waals surface area contributed by atoms with Gasteiger partial charge >= 0.3 is 0 Å². The Morgan fingerprint density at radius 3 is 2.42 bits per heavy atom. The third-order valence-electron chi connectivity index (χ3n) is 2.56. The molecule has 0 N–H and O–H groups in total. The summed E-state index contributed by atoms with van der Waals surface area (Å²) in [6.07, 6.45) is 4.72. The molecule has 0 saturated carbocycles. The molecule has 0 bridgehead atoms. The molecular weight excluding hydrogens is 144 g/mol. The van der Waals surface area contributed by atoms with Gasteiger partial charge in [-0.05, 0) is 30.6 Å². The quantitative estimate of drug-likeness (QED) is 0.554. The molecule has 0 heterocycles. The fourth-order valence-corrected chi connectivity index (χ4v) is 1.64. The van der Waals surface area contributed by atoms with E-state index in [0.717, 1.165) is 12.3 Å². The van der Waals surface area contributed by atoms with Crippen molar-refractivity contribution in [2.24, 2.45) is 17.8 Å². The molecule has 0 aromatic heterocycles. The van der Waals surface area contributed by atoms with Crippen LogP contribution < -0.4 is 0 Å². The Hall–Kier alpha value is 0. The van der Waals surface area contributed by atoms with E-state index >= 15 is 0 Å². The maximum Gasteiger partial charge on any atom is 0.0233 e. The SMILES string of the molecule is [3H]CC(C)CC(CC)CC(C[3H])CC.[3H][3H]. The van der Waals surface area contributed by atoms with Gasteiger partial charge in [-0.2, -0.15) is 0 Å². The molecule has 12 heavy (non-hydrogen) atoms. The molecule has 3 atom stereocenters. The summed E-state index contributed by atoms with van der Waals surface area (Å²) in [6, 6.07) is 0. The van der Waals surface area contributed by atoms with Gasteiger partial charge in [0.15, 0.2) is 0 Å². The zero-order chi connectivity index (χ0) is 13.0. The van der Waals surface area contributed by atoms with Gasteiger partial charge < -0.3 is 0 Å². The van der Waals surface area contributed by atoms with Crippen molar-refractivity contribution in [2.75, 3.05) is 0 Å². The van der Waals surface area contributed by atoms with Gasteiger partial charge in [-0.15, -0.1) is 0 Å². The molecule has 0 aliphatic heterocycles. The zero-order valence-corrected chi connectivity index (χ0v) is 8.97.